The number of phosphoric ester groups is 1. The van der Waals surface area contributed by atoms with Crippen LogP contribution in [0.5, 0.6) is 0 Å². The molecule has 13 N–H and O–H groups in total. The highest BCUT2D eigenvalue weighted by molar-refractivity contribution is 8.76. The summed E-state index contributed by atoms with van der Waals surface area (Å²) >= 11 is 0. The zero-order chi connectivity index (χ0) is 84.7. The quantitative estimate of drug-likeness (QED) is 0.0106. The van der Waals surface area contributed by atoms with Crippen LogP contribution >= 0.6 is 45.1 Å². The number of aliphatic hydroxyl groups excluding tert-OH is 1. The van der Waals surface area contributed by atoms with Crippen molar-refractivity contribution >= 4 is 115 Å². The summed E-state index contributed by atoms with van der Waals surface area (Å²) in [5, 5.41) is 38.2. The van der Waals surface area contributed by atoms with Gasteiger partial charge in [0.2, 0.25) is 23.4 Å². The molecule has 638 valence electrons. The van der Waals surface area contributed by atoms with Crippen LogP contribution in [0.3, 0.4) is 0 Å². The van der Waals surface area contributed by atoms with Crippen LogP contribution in [0.1, 0.15) is 167 Å². The number of aliphatic hydroxyl groups is 1. The van der Waals surface area contributed by atoms with Crippen molar-refractivity contribution in [1.82, 2.24) is 35.4 Å². The highest BCUT2D eigenvalue weighted by Crippen LogP contribution is 2.66. The minimum absolute atomic E-state index is 0.0336. The molecule has 1 saturated heterocycles. The number of hydrogen-bond acceptors (Lipinski definition) is 25. The number of phosphoric acid groups is 3. The molecular formula is C76H107N9O26P3S2+. The van der Waals surface area contributed by atoms with Gasteiger partial charge in [0, 0.05) is 112 Å². The molecule has 2 aromatic carbocycles. The van der Waals surface area contributed by atoms with Gasteiger partial charge in [-0.25, -0.2) is 28.7 Å². The number of nitrogens with two attached hydrogens (primary N) is 1. The number of Topliss-reactive ketones (excluding diaryl/α,β-unsaturated/α-hetero) is 2. The number of carboxylic acids is 2. The molecule has 1 aliphatic heterocycles. The second-order valence-electron chi connectivity index (χ2n) is 27.9. The number of nitrogens with one attached hydrogen (secondary N) is 4. The van der Waals surface area contributed by atoms with E-state index >= 15 is 0 Å². The van der Waals surface area contributed by atoms with Gasteiger partial charge in [0.15, 0.2) is 5.78 Å². The molecule has 35 nitrogen and oxygen atoms in total. The van der Waals surface area contributed by atoms with Crippen molar-refractivity contribution in [2.24, 2.45) is 11.8 Å². The molecule has 4 amide bonds. The van der Waals surface area contributed by atoms with Crippen molar-refractivity contribution in [3.63, 3.8) is 0 Å². The SMILES string of the molecule is CCCc1cc2c(cc1C)C(c1ccccc1C(=O)N(C)CCCC(=O)NCCOCCOCCOCCOCCC(=O)NC(CCCSSCCC(=O)CCC#Cc1cn([C@H]3CC(O)[C@@H](COP(=O)(O)OP(=O)(O)OP(=O)(O)O)O3)c3ncnc(N)c13)C(=O)NC(CC(=O)O)C(=O)CC(CC)C(=O)O)C1C=C(C)C(=[NH+]CC)C=C1C2. The Morgan fingerprint density at radius 3 is 2.19 bits per heavy atom. The van der Waals surface area contributed by atoms with Gasteiger partial charge in [-0.15, -0.1) is 0 Å². The van der Waals surface area contributed by atoms with E-state index in [9.17, 15) is 77.2 Å². The van der Waals surface area contributed by atoms with Gasteiger partial charge in [-0.05, 0) is 93.2 Å². The molecule has 3 aliphatic rings. The van der Waals surface area contributed by atoms with E-state index in [0.29, 0.717) is 53.9 Å². The molecule has 3 heterocycles. The predicted octanol–water partition coefficient (Wildman–Crippen LogP) is 5.89. The molecular weight excluding hydrogens is 1610 g/mol. The van der Waals surface area contributed by atoms with E-state index in [2.05, 4.69) is 114 Å². The number of fused-ring (bicyclic) bond motifs is 3. The Morgan fingerprint density at radius 2 is 1.51 bits per heavy atom. The largest absolute Gasteiger partial charge is 0.490 e. The number of hydrogen-bond donors (Lipinski definition) is 12. The summed E-state index contributed by atoms with van der Waals surface area (Å²) in [5.41, 5.74) is 17.3. The third kappa shape index (κ3) is 30.8. The summed E-state index contributed by atoms with van der Waals surface area (Å²) in [7, 11) is -12.4. The Balaban J connectivity index is 0.762. The average molecular weight is 1720 g/mol. The number of aromatic nitrogens is 3. The van der Waals surface area contributed by atoms with Gasteiger partial charge in [0.25, 0.3) is 5.91 Å². The topological polar surface area (TPSA) is 513 Å². The number of ether oxygens (including phenoxy) is 5. The fraction of sp³-hybridized carbons (Fsp3) is 0.566. The normalized spacial score (nSPS) is 18.7. The van der Waals surface area contributed by atoms with E-state index in [1.54, 1.807) is 18.9 Å². The van der Waals surface area contributed by atoms with Gasteiger partial charge in [0.05, 0.1) is 94.9 Å². The van der Waals surface area contributed by atoms with Crippen molar-refractivity contribution in [2.75, 3.05) is 103 Å². The fourth-order valence-electron chi connectivity index (χ4n) is 13.4. The number of amides is 4. The van der Waals surface area contributed by atoms with Gasteiger partial charge in [0.1, 0.15) is 48.5 Å². The lowest BCUT2D eigenvalue weighted by Crippen LogP contribution is -2.72. The van der Waals surface area contributed by atoms with Gasteiger partial charge in [-0.2, -0.15) is 8.62 Å². The van der Waals surface area contributed by atoms with Gasteiger partial charge in [-0.1, -0.05) is 95.7 Å². The van der Waals surface area contributed by atoms with E-state index in [-0.39, 0.29) is 145 Å². The predicted molar refractivity (Wildman–Crippen MR) is 429 cm³/mol. The number of carboxylic acid groups (broad SMARTS) is 2. The molecule has 116 heavy (non-hydrogen) atoms. The van der Waals surface area contributed by atoms with Crippen LogP contribution in [-0.4, -0.2) is 229 Å². The molecule has 40 heteroatoms. The van der Waals surface area contributed by atoms with Crippen LogP contribution in [0, 0.1) is 30.6 Å². The van der Waals surface area contributed by atoms with E-state index in [0.717, 1.165) is 37.1 Å². The number of benzene rings is 2. The monoisotopic (exact) mass is 1720 g/mol. The van der Waals surface area contributed by atoms with Crippen molar-refractivity contribution < 1.29 is 129 Å². The molecule has 0 spiro atoms. The highest BCUT2D eigenvalue weighted by Gasteiger charge is 2.44. The molecule has 1 fully saturated rings. The molecule has 0 bridgehead atoms. The van der Waals surface area contributed by atoms with Gasteiger partial charge < -0.3 is 89.7 Å². The molecule has 0 saturated carbocycles. The standard InChI is InChI=1S/C76H106N9O26P3S2/c1-7-16-51-39-53-40-54-41-61(78-9-3)49(5)38-59(54)71(58(53)37-48(51)4)56-19-12-13-20-57(56)75(94)84(6)26-14-22-66(89)79-25-28-105-30-32-107-34-33-106-31-29-104-27-23-67(90)82-60(74(93)83-62(43-69(91)92)63(87)42-50(8-2)76(95)96)21-15-35-115-116-36-24-55(86)18-11-10-17-52-45-85(73-70(52)72(77)80-47-81-73)68-44-64(88)65(109-68)46-108-113(100,101)111-114(102,103)110-112(97,98)99/h12-13,19-20,37-39,41,45,47,50,59-60,62,64-65,68,71,88H,7-9,11,14-16,18,21-36,40,42-44,46H2,1-6H3,(H,79,89)(H,82,90)(H,83,93)(H,91,92)(H,95,96)(H,100,101)(H,102,103)(H2,77,80,81)(H2,97,98,99)/p+1/t50?,59?,60?,62?,64?,65-,68-,71?/m1/s1. The van der Waals surface area contributed by atoms with Gasteiger partial charge >= 0.3 is 35.4 Å². The Labute approximate surface area is 681 Å². The average Bonchev–Trinajstić information content (AvgIpc) is 0.875. The van der Waals surface area contributed by atoms with Crippen LogP contribution in [0.25, 0.3) is 11.0 Å². The molecule has 0 radical (unpaired) electrons. The minimum Gasteiger partial charge on any atom is -0.481 e. The Hall–Kier alpha value is -7.40. The van der Waals surface area contributed by atoms with Crippen LogP contribution in [0.2, 0.25) is 0 Å². The van der Waals surface area contributed by atoms with Crippen LogP contribution in [-0.2, 0) is 96.9 Å². The number of aliphatic carboxylic acids is 2. The van der Waals surface area contributed by atoms with Crippen molar-refractivity contribution in [3.8, 4) is 11.8 Å². The fourth-order valence-corrected chi connectivity index (χ4v) is 18.6. The Bertz CT molecular complexity index is 4400. The van der Waals surface area contributed by atoms with Crippen molar-refractivity contribution in [1.29, 1.82) is 0 Å². The summed E-state index contributed by atoms with van der Waals surface area (Å²) in [6, 6.07) is 9.86. The Morgan fingerprint density at radius 1 is 0.810 bits per heavy atom. The Kier molecular flexibility index (Phi) is 39.1. The maximum absolute atomic E-state index is 14.3. The maximum atomic E-state index is 14.3. The van der Waals surface area contributed by atoms with Crippen LogP contribution in [0.4, 0.5) is 5.82 Å². The van der Waals surface area contributed by atoms with Crippen LogP contribution < -0.4 is 26.7 Å². The third-order valence-corrected chi connectivity index (χ3v) is 25.4. The van der Waals surface area contributed by atoms with E-state index in [1.165, 1.54) is 72.1 Å². The number of nitrogens with zero attached hydrogens (tertiary/aromatic N) is 4. The maximum Gasteiger partial charge on any atom is 0.490 e. The third-order valence-electron chi connectivity index (χ3n) is 19.1. The first-order chi connectivity index (χ1) is 55.2. The number of aryl methyl sites for hydroxylation is 2. The minimum atomic E-state index is -5.80. The number of nitrogen functional groups attached to an aromatic ring is 1. The van der Waals surface area contributed by atoms with E-state index < -0.39 is 109 Å². The van der Waals surface area contributed by atoms with Gasteiger partial charge in [-0.3, -0.25) is 42.9 Å². The lowest BCUT2D eigenvalue weighted by atomic mass is 9.65. The highest BCUT2D eigenvalue weighted by atomic mass is 33.1. The second kappa shape index (κ2) is 47.4. The van der Waals surface area contributed by atoms with E-state index in [4.69, 9.17) is 39.2 Å². The lowest BCUT2D eigenvalue weighted by molar-refractivity contribution is -0.451. The molecule has 7 rings (SSSR count). The van der Waals surface area contributed by atoms with Crippen molar-refractivity contribution in [2.45, 2.75) is 167 Å². The number of allylic oxidation sites excluding steroid dienone is 4. The van der Waals surface area contributed by atoms with E-state index in [1.807, 2.05) is 18.2 Å². The molecule has 8 unspecified atom stereocenters. The number of ketones is 2. The lowest BCUT2D eigenvalue weighted by Gasteiger charge is -2.38. The first-order valence-corrected chi connectivity index (χ1v) is 45.3. The van der Waals surface area contributed by atoms with Crippen LogP contribution in [0.15, 0.2) is 72.2 Å². The molecule has 2 aromatic heterocycles. The molecule has 4 aromatic rings. The summed E-state index contributed by atoms with van der Waals surface area (Å²) < 4.78 is 76.8. The zero-order valence-electron chi connectivity index (χ0n) is 65.8. The number of rotatable bonds is 52. The summed E-state index contributed by atoms with van der Waals surface area (Å²) in [5.74, 6) is 0.428. The molecule has 10 atom stereocenters. The zero-order valence-corrected chi connectivity index (χ0v) is 70.1. The summed E-state index contributed by atoms with van der Waals surface area (Å²) in [4.78, 5) is 154. The first-order valence-electron chi connectivity index (χ1n) is 38.3. The second-order valence-corrected chi connectivity index (χ2v) is 35.0. The molecule has 2 aliphatic carbocycles. The number of carbonyl (C=O) groups excluding carboxylic acids is 6. The smallest absolute Gasteiger partial charge is 0.481 e. The van der Waals surface area contributed by atoms with Crippen molar-refractivity contribution in [3.05, 3.63) is 111 Å². The first kappa shape index (κ1) is 95.7. The summed E-state index contributed by atoms with van der Waals surface area (Å²) in [6.45, 7) is 12.3. The number of anilines is 1. The summed E-state index contributed by atoms with van der Waals surface area (Å²) in [6.07, 6.45) is 6.43. The number of carbonyl (C=O) groups is 8.